The summed E-state index contributed by atoms with van der Waals surface area (Å²) in [5, 5.41) is 20.1. The van der Waals surface area contributed by atoms with Crippen molar-refractivity contribution in [1.29, 1.82) is 0 Å². The third-order valence-corrected chi connectivity index (χ3v) is 2.28. The predicted octanol–water partition coefficient (Wildman–Crippen LogP) is 2.94. The molecule has 0 saturated carbocycles. The molecule has 0 amide bonds. The van der Waals surface area contributed by atoms with Crippen LogP contribution in [0.5, 0.6) is 5.75 Å². The Bertz CT molecular complexity index is 536. The molecule has 1 aromatic rings. The van der Waals surface area contributed by atoms with Crippen LogP contribution in [0.25, 0.3) is 0 Å². The minimum atomic E-state index is -0.879. The van der Waals surface area contributed by atoms with Crippen LogP contribution in [0.2, 0.25) is 0 Å². The summed E-state index contributed by atoms with van der Waals surface area (Å²) in [6.07, 6.45) is 2.64. The highest BCUT2D eigenvalue weighted by Gasteiger charge is 2.18. The van der Waals surface area contributed by atoms with E-state index >= 15 is 0 Å². The summed E-state index contributed by atoms with van der Waals surface area (Å²) in [6.45, 7) is 7.06. The number of non-ortho nitro benzene ring substituents is 1. The summed E-state index contributed by atoms with van der Waals surface area (Å²) in [4.78, 5) is 21.7. The van der Waals surface area contributed by atoms with Crippen LogP contribution < -0.4 is 0 Å². The van der Waals surface area contributed by atoms with Gasteiger partial charge in [-0.3, -0.25) is 10.1 Å². The molecule has 0 aliphatic carbocycles. The molecule has 0 aromatic heterocycles. The Kier molecular flexibility index (Phi) is 4.82. The van der Waals surface area contributed by atoms with Crippen LogP contribution >= 0.6 is 0 Å². The lowest BCUT2D eigenvalue weighted by Crippen LogP contribution is -2.05. The second-order valence-corrected chi connectivity index (χ2v) is 3.71. The number of aromatic hydroxyl groups is 1. The largest absolute Gasteiger partial charge is 0.507 e. The number of ether oxygens (including phenoxy) is 1. The van der Waals surface area contributed by atoms with Gasteiger partial charge in [0.15, 0.2) is 0 Å². The van der Waals surface area contributed by atoms with Gasteiger partial charge in [-0.1, -0.05) is 12.7 Å². The molecule has 0 atom stereocenters. The Balaban J connectivity index is 2.87. The molecule has 0 unspecified atom stereocenters. The van der Waals surface area contributed by atoms with Gasteiger partial charge in [0.25, 0.3) is 5.69 Å². The molecule has 0 spiro atoms. The molecular weight excluding hydrogens is 250 g/mol. The van der Waals surface area contributed by atoms with E-state index in [1.165, 1.54) is 0 Å². The first-order valence-electron chi connectivity index (χ1n) is 5.44. The lowest BCUT2D eigenvalue weighted by molar-refractivity contribution is -0.384. The molecule has 0 aliphatic rings. The van der Waals surface area contributed by atoms with Crippen LogP contribution in [0.15, 0.2) is 43.2 Å². The summed E-state index contributed by atoms with van der Waals surface area (Å²) in [6, 6.07) is 3.12. The molecule has 0 radical (unpaired) electrons. The van der Waals surface area contributed by atoms with Gasteiger partial charge in [0.2, 0.25) is 0 Å². The van der Waals surface area contributed by atoms with Gasteiger partial charge in [-0.2, -0.15) is 0 Å². The average molecular weight is 263 g/mol. The number of phenols is 1. The number of nitro groups is 1. The van der Waals surface area contributed by atoms with Crippen molar-refractivity contribution < 1.29 is 19.6 Å². The second-order valence-electron chi connectivity index (χ2n) is 3.71. The first-order chi connectivity index (χ1) is 8.95. The minimum Gasteiger partial charge on any atom is -0.507 e. The average Bonchev–Trinajstić information content (AvgIpc) is 2.36. The highest BCUT2D eigenvalue weighted by Crippen LogP contribution is 2.24. The first-order valence-corrected chi connectivity index (χ1v) is 5.44. The molecule has 1 aromatic carbocycles. The maximum atomic E-state index is 11.7. The highest BCUT2D eigenvalue weighted by atomic mass is 16.6. The van der Waals surface area contributed by atoms with E-state index in [9.17, 15) is 20.0 Å². The first kappa shape index (κ1) is 14.4. The van der Waals surface area contributed by atoms with Crippen molar-refractivity contribution in [1.82, 2.24) is 0 Å². The molecule has 0 aliphatic heterocycles. The molecular formula is C13H13NO5. The molecule has 0 fully saturated rings. The van der Waals surface area contributed by atoms with E-state index < -0.39 is 10.9 Å². The molecule has 1 N–H and O–H groups in total. The van der Waals surface area contributed by atoms with Gasteiger partial charge in [-0.05, 0) is 12.5 Å². The molecule has 0 saturated heterocycles. The van der Waals surface area contributed by atoms with Crippen LogP contribution in [-0.2, 0) is 4.74 Å². The summed E-state index contributed by atoms with van der Waals surface area (Å²) >= 11 is 0. The van der Waals surface area contributed by atoms with Gasteiger partial charge < -0.3 is 9.84 Å². The zero-order chi connectivity index (χ0) is 14.4. The van der Waals surface area contributed by atoms with Crippen LogP contribution in [0.3, 0.4) is 0 Å². The summed E-state index contributed by atoms with van der Waals surface area (Å²) in [5.41, 5.74) is -0.574. The Morgan fingerprint density at radius 2 is 2.21 bits per heavy atom. The third-order valence-electron chi connectivity index (χ3n) is 2.28. The van der Waals surface area contributed by atoms with Gasteiger partial charge in [-0.25, -0.2) is 4.79 Å². The van der Waals surface area contributed by atoms with E-state index in [2.05, 4.69) is 13.2 Å². The topological polar surface area (TPSA) is 89.7 Å². The quantitative estimate of drug-likeness (QED) is 0.280. The fourth-order valence-electron chi connectivity index (χ4n) is 1.30. The maximum Gasteiger partial charge on any atom is 0.347 e. The van der Waals surface area contributed by atoms with E-state index in [1.54, 1.807) is 6.08 Å². The lowest BCUT2D eigenvalue weighted by atomic mass is 10.2. The SMILES string of the molecule is C=CCCC(=C)OC(=O)c1cc([N+](=O)[O-])ccc1O. The predicted molar refractivity (Wildman–Crippen MR) is 68.7 cm³/mol. The number of carbonyl (C=O) groups excluding carboxylic acids is 1. The number of allylic oxidation sites excluding steroid dienone is 2. The molecule has 6 heteroatoms. The zero-order valence-corrected chi connectivity index (χ0v) is 10.2. The second kappa shape index (κ2) is 6.34. The third kappa shape index (κ3) is 3.95. The Hall–Kier alpha value is -2.63. The van der Waals surface area contributed by atoms with E-state index in [0.717, 1.165) is 18.2 Å². The van der Waals surface area contributed by atoms with Crippen molar-refractivity contribution >= 4 is 11.7 Å². The maximum absolute atomic E-state index is 11.7. The molecule has 6 nitrogen and oxygen atoms in total. The summed E-state index contributed by atoms with van der Waals surface area (Å²) < 4.78 is 4.89. The van der Waals surface area contributed by atoms with E-state index in [1.807, 2.05) is 0 Å². The van der Waals surface area contributed by atoms with Gasteiger partial charge in [0.05, 0.1) is 4.92 Å². The van der Waals surface area contributed by atoms with Crippen molar-refractivity contribution in [3.05, 3.63) is 58.9 Å². The Labute approximate surface area is 109 Å². The normalized spacial score (nSPS) is 9.68. The van der Waals surface area contributed by atoms with Gasteiger partial charge in [-0.15, -0.1) is 6.58 Å². The minimum absolute atomic E-state index is 0.204. The van der Waals surface area contributed by atoms with Gasteiger partial charge in [0.1, 0.15) is 17.1 Å². The number of carbonyl (C=O) groups is 1. The fourth-order valence-corrected chi connectivity index (χ4v) is 1.30. The van der Waals surface area contributed by atoms with E-state index in [0.29, 0.717) is 12.8 Å². The number of nitrogens with zero attached hydrogens (tertiary/aromatic N) is 1. The summed E-state index contributed by atoms with van der Waals surface area (Å²) in [5.74, 6) is -1.06. The highest BCUT2D eigenvalue weighted by molar-refractivity contribution is 5.93. The zero-order valence-electron chi connectivity index (χ0n) is 10.2. The number of benzene rings is 1. The molecule has 0 heterocycles. The van der Waals surface area contributed by atoms with Crippen LogP contribution in [-0.4, -0.2) is 16.0 Å². The standard InChI is InChI=1S/C13H13NO5/c1-3-4-5-9(2)19-13(16)11-8-10(14(17)18)6-7-12(11)15/h3,6-8,15H,1-2,4-5H2. The monoisotopic (exact) mass is 263 g/mol. The van der Waals surface area contributed by atoms with E-state index in [4.69, 9.17) is 4.74 Å². The number of hydrogen-bond donors (Lipinski definition) is 1. The fraction of sp³-hybridized carbons (Fsp3) is 0.154. The number of rotatable bonds is 6. The van der Waals surface area contributed by atoms with Gasteiger partial charge >= 0.3 is 5.97 Å². The smallest absolute Gasteiger partial charge is 0.347 e. The number of hydrogen-bond acceptors (Lipinski definition) is 5. The molecule has 0 bridgehead atoms. The van der Waals surface area contributed by atoms with Crippen LogP contribution in [0, 0.1) is 10.1 Å². The van der Waals surface area contributed by atoms with Crippen molar-refractivity contribution in [3.63, 3.8) is 0 Å². The molecule has 100 valence electrons. The Morgan fingerprint density at radius 3 is 2.79 bits per heavy atom. The number of phenolic OH excluding ortho intramolecular Hbond substituents is 1. The molecule has 1 rings (SSSR count). The molecule has 19 heavy (non-hydrogen) atoms. The van der Waals surface area contributed by atoms with Crippen LogP contribution in [0.1, 0.15) is 23.2 Å². The van der Waals surface area contributed by atoms with Crippen molar-refractivity contribution in [2.45, 2.75) is 12.8 Å². The lowest BCUT2D eigenvalue weighted by Gasteiger charge is -2.07. The van der Waals surface area contributed by atoms with Crippen molar-refractivity contribution in [2.75, 3.05) is 0 Å². The van der Waals surface area contributed by atoms with Crippen molar-refractivity contribution in [3.8, 4) is 5.75 Å². The number of esters is 1. The number of nitro benzene ring substituents is 1. The summed E-state index contributed by atoms with van der Waals surface area (Å²) in [7, 11) is 0. The van der Waals surface area contributed by atoms with E-state index in [-0.39, 0.29) is 22.8 Å². The Morgan fingerprint density at radius 1 is 1.53 bits per heavy atom. The van der Waals surface area contributed by atoms with Crippen LogP contribution in [0.4, 0.5) is 5.69 Å². The van der Waals surface area contributed by atoms with Crippen molar-refractivity contribution in [2.24, 2.45) is 0 Å². The van der Waals surface area contributed by atoms with Gasteiger partial charge in [0, 0.05) is 18.6 Å².